The van der Waals surface area contributed by atoms with Crippen molar-refractivity contribution in [1.82, 2.24) is 19.5 Å². The van der Waals surface area contributed by atoms with Gasteiger partial charge in [-0.05, 0) is 37.8 Å². The molecule has 0 saturated carbocycles. The van der Waals surface area contributed by atoms with Crippen molar-refractivity contribution in [3.8, 4) is 5.88 Å². The van der Waals surface area contributed by atoms with Crippen molar-refractivity contribution in [2.75, 3.05) is 13.1 Å². The van der Waals surface area contributed by atoms with Crippen molar-refractivity contribution in [3.63, 3.8) is 0 Å². The molecule has 27 heavy (non-hydrogen) atoms. The first kappa shape index (κ1) is 17.9. The van der Waals surface area contributed by atoms with E-state index in [9.17, 15) is 15.2 Å². The van der Waals surface area contributed by atoms with Gasteiger partial charge in [-0.3, -0.25) is 15.0 Å². The van der Waals surface area contributed by atoms with E-state index in [0.29, 0.717) is 16.7 Å². The number of benzene rings is 1. The van der Waals surface area contributed by atoms with Gasteiger partial charge in [-0.25, -0.2) is 4.98 Å². The smallest absolute Gasteiger partial charge is 0.269 e. The van der Waals surface area contributed by atoms with Gasteiger partial charge in [-0.1, -0.05) is 30.4 Å². The minimum atomic E-state index is -0.398. The molecule has 2 aromatic heterocycles. The first-order chi connectivity index (χ1) is 12.9. The number of likely N-dealkylation sites (tertiary alicyclic amines) is 1. The Balaban J connectivity index is 1.80. The van der Waals surface area contributed by atoms with Gasteiger partial charge in [0.1, 0.15) is 5.82 Å². The third-order valence-electron chi connectivity index (χ3n) is 5.03. The standard InChI is InChI=1S/C18H21N5O3S/c1-11-4-3-9-21(10-11)15(13-5-7-14(8-6-13)23(25)26)16-17(24)22-18(27-16)19-12(2)20-22/h5-8,11,15,24H,3-4,9-10H2,1-2H3/t11-,15+/m1/s1. The minimum absolute atomic E-state index is 0.0620. The maximum atomic E-state index is 11.0. The normalized spacial score (nSPS) is 19.4. The lowest BCUT2D eigenvalue weighted by atomic mass is 9.95. The molecule has 0 spiro atoms. The Hall–Kier alpha value is -2.52. The van der Waals surface area contributed by atoms with Crippen LogP contribution in [0.15, 0.2) is 24.3 Å². The van der Waals surface area contributed by atoms with E-state index in [0.717, 1.165) is 30.0 Å². The summed E-state index contributed by atoms with van der Waals surface area (Å²) < 4.78 is 1.47. The number of thiazole rings is 1. The predicted molar refractivity (Wildman–Crippen MR) is 102 cm³/mol. The summed E-state index contributed by atoms with van der Waals surface area (Å²) in [5, 5.41) is 26.1. The molecule has 1 saturated heterocycles. The van der Waals surface area contributed by atoms with Crippen molar-refractivity contribution in [2.24, 2.45) is 5.92 Å². The molecule has 1 aliphatic heterocycles. The number of nitro benzene ring substituents is 1. The number of aromatic hydroxyl groups is 1. The molecule has 4 rings (SSSR count). The molecule has 8 nitrogen and oxygen atoms in total. The molecule has 0 unspecified atom stereocenters. The van der Waals surface area contributed by atoms with E-state index in [2.05, 4.69) is 21.9 Å². The number of aromatic nitrogens is 3. The van der Waals surface area contributed by atoms with Gasteiger partial charge in [0, 0.05) is 18.7 Å². The number of nitro groups is 1. The minimum Gasteiger partial charge on any atom is -0.492 e. The number of aryl methyl sites for hydroxylation is 1. The second-order valence-electron chi connectivity index (χ2n) is 7.14. The summed E-state index contributed by atoms with van der Waals surface area (Å²) in [4.78, 5) is 18.7. The van der Waals surface area contributed by atoms with Crippen LogP contribution in [-0.4, -0.2) is 42.6 Å². The number of rotatable bonds is 4. The van der Waals surface area contributed by atoms with Gasteiger partial charge in [0.25, 0.3) is 5.69 Å². The van der Waals surface area contributed by atoms with Crippen molar-refractivity contribution in [1.29, 1.82) is 0 Å². The van der Waals surface area contributed by atoms with Crippen molar-refractivity contribution in [2.45, 2.75) is 32.7 Å². The topological polar surface area (TPSA) is 96.8 Å². The molecule has 3 heterocycles. The summed E-state index contributed by atoms with van der Waals surface area (Å²) in [6, 6.07) is 6.43. The highest BCUT2D eigenvalue weighted by Crippen LogP contribution is 2.41. The average Bonchev–Trinajstić information content (AvgIpc) is 3.14. The van der Waals surface area contributed by atoms with E-state index in [1.807, 2.05) is 0 Å². The van der Waals surface area contributed by atoms with Gasteiger partial charge < -0.3 is 5.11 Å². The van der Waals surface area contributed by atoms with E-state index >= 15 is 0 Å². The van der Waals surface area contributed by atoms with Crippen LogP contribution < -0.4 is 0 Å². The fraction of sp³-hybridized carbons (Fsp3) is 0.444. The zero-order chi connectivity index (χ0) is 19.1. The van der Waals surface area contributed by atoms with E-state index in [1.54, 1.807) is 19.1 Å². The maximum Gasteiger partial charge on any atom is 0.269 e. The van der Waals surface area contributed by atoms with Gasteiger partial charge in [-0.15, -0.1) is 5.10 Å². The molecule has 0 amide bonds. The molecular formula is C18H21N5O3S. The highest BCUT2D eigenvalue weighted by molar-refractivity contribution is 7.17. The second-order valence-corrected chi connectivity index (χ2v) is 8.15. The molecule has 0 bridgehead atoms. The molecule has 1 aromatic carbocycles. The number of hydrogen-bond acceptors (Lipinski definition) is 7. The van der Waals surface area contributed by atoms with Crippen LogP contribution >= 0.6 is 11.3 Å². The third kappa shape index (κ3) is 3.28. The van der Waals surface area contributed by atoms with Crippen LogP contribution in [0.3, 0.4) is 0 Å². The SMILES string of the molecule is Cc1nc2sc([C@H](c3ccc([N+](=O)[O-])cc3)N3CCC[C@@H](C)C3)c(O)n2n1. The third-order valence-corrected chi connectivity index (χ3v) is 6.10. The largest absolute Gasteiger partial charge is 0.492 e. The van der Waals surface area contributed by atoms with E-state index < -0.39 is 4.92 Å². The zero-order valence-corrected chi connectivity index (χ0v) is 16.0. The Kier molecular flexibility index (Phi) is 4.56. The van der Waals surface area contributed by atoms with Gasteiger partial charge in [0.15, 0.2) is 0 Å². The maximum absolute atomic E-state index is 11.0. The second kappa shape index (κ2) is 6.90. The Morgan fingerprint density at radius 1 is 1.37 bits per heavy atom. The lowest BCUT2D eigenvalue weighted by Crippen LogP contribution is -2.37. The van der Waals surface area contributed by atoms with Gasteiger partial charge in [0.2, 0.25) is 10.8 Å². The van der Waals surface area contributed by atoms with Crippen LogP contribution in [-0.2, 0) is 0 Å². The fourth-order valence-electron chi connectivity index (χ4n) is 3.79. The lowest BCUT2D eigenvalue weighted by Gasteiger charge is -2.37. The Morgan fingerprint density at radius 3 is 2.74 bits per heavy atom. The van der Waals surface area contributed by atoms with Crippen LogP contribution in [0.2, 0.25) is 0 Å². The number of piperidine rings is 1. The molecule has 0 aliphatic carbocycles. The molecule has 1 fully saturated rings. The molecular weight excluding hydrogens is 366 g/mol. The Bertz CT molecular complexity index is 981. The number of fused-ring (bicyclic) bond motifs is 1. The molecule has 0 radical (unpaired) electrons. The van der Waals surface area contributed by atoms with Crippen LogP contribution in [0.5, 0.6) is 5.88 Å². The monoisotopic (exact) mass is 387 g/mol. The molecule has 142 valence electrons. The van der Waals surface area contributed by atoms with E-state index in [1.165, 1.54) is 34.4 Å². The average molecular weight is 387 g/mol. The van der Waals surface area contributed by atoms with Crippen molar-refractivity contribution >= 4 is 22.0 Å². The summed E-state index contributed by atoms with van der Waals surface area (Å²) in [6.45, 7) is 5.84. The Labute approximate surface area is 160 Å². The van der Waals surface area contributed by atoms with Crippen LogP contribution in [0.25, 0.3) is 4.96 Å². The first-order valence-corrected chi connectivity index (χ1v) is 9.79. The van der Waals surface area contributed by atoms with Crippen LogP contribution in [0, 0.1) is 23.0 Å². The molecule has 1 aliphatic rings. The van der Waals surface area contributed by atoms with Crippen molar-refractivity contribution in [3.05, 3.63) is 50.6 Å². The van der Waals surface area contributed by atoms with Crippen molar-refractivity contribution < 1.29 is 10.0 Å². The van der Waals surface area contributed by atoms with E-state index in [4.69, 9.17) is 0 Å². The van der Waals surface area contributed by atoms with Crippen LogP contribution in [0.4, 0.5) is 5.69 Å². The summed E-state index contributed by atoms with van der Waals surface area (Å²) in [6.07, 6.45) is 2.27. The summed E-state index contributed by atoms with van der Waals surface area (Å²) in [5.74, 6) is 1.27. The summed E-state index contributed by atoms with van der Waals surface area (Å²) in [5.41, 5.74) is 0.984. The zero-order valence-electron chi connectivity index (χ0n) is 15.2. The summed E-state index contributed by atoms with van der Waals surface area (Å²) >= 11 is 1.42. The number of non-ortho nitro benzene ring substituents is 1. The highest BCUT2D eigenvalue weighted by Gasteiger charge is 2.32. The molecule has 1 N–H and O–H groups in total. The lowest BCUT2D eigenvalue weighted by molar-refractivity contribution is -0.384. The molecule has 3 aromatic rings. The Morgan fingerprint density at radius 2 is 2.11 bits per heavy atom. The van der Waals surface area contributed by atoms with Crippen LogP contribution in [0.1, 0.15) is 42.1 Å². The number of hydrogen-bond donors (Lipinski definition) is 1. The molecule has 2 atom stereocenters. The van der Waals surface area contributed by atoms with Gasteiger partial charge in [0.05, 0.1) is 15.8 Å². The quantitative estimate of drug-likeness (QED) is 0.543. The van der Waals surface area contributed by atoms with Gasteiger partial charge >= 0.3 is 0 Å². The molecule has 9 heteroatoms. The van der Waals surface area contributed by atoms with E-state index in [-0.39, 0.29) is 17.6 Å². The predicted octanol–water partition coefficient (Wildman–Crippen LogP) is 3.53. The number of nitrogens with zero attached hydrogens (tertiary/aromatic N) is 5. The first-order valence-electron chi connectivity index (χ1n) is 8.97. The summed E-state index contributed by atoms with van der Waals surface area (Å²) in [7, 11) is 0. The fourth-order valence-corrected chi connectivity index (χ4v) is 4.96. The highest BCUT2D eigenvalue weighted by atomic mass is 32.1. The van der Waals surface area contributed by atoms with Gasteiger partial charge in [-0.2, -0.15) is 4.52 Å².